The number of rotatable bonds is 4. The Morgan fingerprint density at radius 1 is 1.12 bits per heavy atom. The van der Waals surface area contributed by atoms with Gasteiger partial charge in [0.2, 0.25) is 5.91 Å². The van der Waals surface area contributed by atoms with Crippen LogP contribution < -0.4 is 5.73 Å². The van der Waals surface area contributed by atoms with Crippen LogP contribution in [0.15, 0.2) is 0 Å². The van der Waals surface area contributed by atoms with Crippen molar-refractivity contribution in [3.8, 4) is 0 Å². The van der Waals surface area contributed by atoms with Gasteiger partial charge in [-0.2, -0.15) is 0 Å². The highest BCUT2D eigenvalue weighted by molar-refractivity contribution is 5.89. The Morgan fingerprint density at radius 3 is 2.08 bits per heavy atom. The zero-order valence-electron chi connectivity index (χ0n) is 16.2. The Labute approximate surface area is 158 Å². The van der Waals surface area contributed by atoms with Gasteiger partial charge in [0.1, 0.15) is 5.54 Å². The maximum atomic E-state index is 13.4. The fraction of sp³-hybridized carbons (Fsp3) is 0.950. The van der Waals surface area contributed by atoms with Gasteiger partial charge in [-0.25, -0.2) is 0 Å². The molecule has 0 spiro atoms. The summed E-state index contributed by atoms with van der Waals surface area (Å²) in [7, 11) is 2.02. The number of amides is 1. The summed E-state index contributed by atoms with van der Waals surface area (Å²) in [5.74, 6) is 3.44. The lowest BCUT2D eigenvalue weighted by Crippen LogP contribution is -2.77. The number of carbonyl (C=O) groups excluding carboxylic acids is 1. The standard InChI is InChI=1S/C20H34N2O2.ClH/c1-5-24-16-11-20(21,19(16,2)3)18(23)22(4)17-14-7-12-6-13(9-14)10-15(17)8-12;/h12-17H,5-11,21H2,1-4H3;1H. The van der Waals surface area contributed by atoms with Gasteiger partial charge in [-0.1, -0.05) is 13.8 Å². The molecule has 0 heterocycles. The van der Waals surface area contributed by atoms with Crippen LogP contribution in [0.5, 0.6) is 0 Å². The lowest BCUT2D eigenvalue weighted by molar-refractivity contribution is -0.185. The molecule has 2 unspecified atom stereocenters. The van der Waals surface area contributed by atoms with Gasteiger partial charge in [0, 0.05) is 31.5 Å². The van der Waals surface area contributed by atoms with Crippen LogP contribution in [-0.2, 0) is 9.53 Å². The van der Waals surface area contributed by atoms with Crippen molar-refractivity contribution >= 4 is 18.3 Å². The molecular formula is C20H35ClN2O2. The summed E-state index contributed by atoms with van der Waals surface area (Å²) in [6, 6.07) is 0.424. The summed E-state index contributed by atoms with van der Waals surface area (Å²) >= 11 is 0. The summed E-state index contributed by atoms with van der Waals surface area (Å²) in [4.78, 5) is 15.4. The molecule has 5 rings (SSSR count). The molecule has 0 aromatic rings. The highest BCUT2D eigenvalue weighted by atomic mass is 35.5. The maximum Gasteiger partial charge on any atom is 0.243 e. The minimum Gasteiger partial charge on any atom is -0.378 e. The van der Waals surface area contributed by atoms with E-state index in [0.717, 1.165) is 11.8 Å². The van der Waals surface area contributed by atoms with Crippen molar-refractivity contribution in [2.45, 2.75) is 77.0 Å². The second-order valence-electron chi connectivity index (χ2n) is 9.68. The molecule has 25 heavy (non-hydrogen) atoms. The van der Waals surface area contributed by atoms with Gasteiger partial charge in [-0.3, -0.25) is 4.79 Å². The van der Waals surface area contributed by atoms with E-state index in [0.29, 0.717) is 30.9 Å². The van der Waals surface area contributed by atoms with E-state index < -0.39 is 5.54 Å². The Hall–Kier alpha value is -0.320. The molecule has 5 heteroatoms. The highest BCUT2D eigenvalue weighted by Gasteiger charge is 2.64. The molecule has 5 aliphatic carbocycles. The normalized spacial score (nSPS) is 46.3. The first kappa shape index (κ1) is 19.4. The largest absolute Gasteiger partial charge is 0.378 e. The van der Waals surface area contributed by atoms with Gasteiger partial charge < -0.3 is 15.4 Å². The van der Waals surface area contributed by atoms with Crippen LogP contribution in [0.2, 0.25) is 0 Å². The fourth-order valence-electron chi connectivity index (χ4n) is 6.78. The molecule has 0 saturated heterocycles. The quantitative estimate of drug-likeness (QED) is 0.826. The minimum atomic E-state index is -0.768. The first-order chi connectivity index (χ1) is 11.3. The zero-order valence-corrected chi connectivity index (χ0v) is 17.0. The van der Waals surface area contributed by atoms with E-state index in [1.54, 1.807) is 0 Å². The van der Waals surface area contributed by atoms with E-state index in [1.807, 2.05) is 14.0 Å². The van der Waals surface area contributed by atoms with E-state index in [2.05, 4.69) is 18.7 Å². The van der Waals surface area contributed by atoms with E-state index >= 15 is 0 Å². The van der Waals surface area contributed by atoms with Gasteiger partial charge >= 0.3 is 0 Å². The van der Waals surface area contributed by atoms with Crippen LogP contribution in [-0.4, -0.2) is 42.1 Å². The molecule has 5 fully saturated rings. The summed E-state index contributed by atoms with van der Waals surface area (Å²) in [6.07, 6.45) is 7.53. The Balaban J connectivity index is 0.00000182. The van der Waals surface area contributed by atoms with E-state index in [9.17, 15) is 4.79 Å². The van der Waals surface area contributed by atoms with Gasteiger partial charge in [0.15, 0.2) is 0 Å². The van der Waals surface area contributed by atoms with Gasteiger partial charge in [0.25, 0.3) is 0 Å². The monoisotopic (exact) mass is 370 g/mol. The molecule has 0 aliphatic heterocycles. The smallest absolute Gasteiger partial charge is 0.243 e. The van der Waals surface area contributed by atoms with Crippen molar-refractivity contribution in [1.82, 2.24) is 4.90 Å². The predicted molar refractivity (Wildman–Crippen MR) is 102 cm³/mol. The summed E-state index contributed by atoms with van der Waals surface area (Å²) < 4.78 is 5.81. The topological polar surface area (TPSA) is 55.6 Å². The van der Waals surface area contributed by atoms with Crippen molar-refractivity contribution in [2.24, 2.45) is 34.8 Å². The van der Waals surface area contributed by atoms with Crippen molar-refractivity contribution in [2.75, 3.05) is 13.7 Å². The van der Waals surface area contributed by atoms with Crippen LogP contribution in [0.3, 0.4) is 0 Å². The predicted octanol–water partition coefficient (Wildman–Crippen LogP) is 3.22. The molecule has 0 aromatic carbocycles. The average molecular weight is 371 g/mol. The summed E-state index contributed by atoms with van der Waals surface area (Å²) in [6.45, 7) is 6.89. The van der Waals surface area contributed by atoms with Crippen molar-refractivity contribution in [3.63, 3.8) is 0 Å². The van der Waals surface area contributed by atoms with Crippen LogP contribution >= 0.6 is 12.4 Å². The molecule has 2 N–H and O–H groups in total. The minimum absolute atomic E-state index is 0. The maximum absolute atomic E-state index is 13.4. The molecule has 1 amide bonds. The molecule has 4 bridgehead atoms. The second-order valence-corrected chi connectivity index (χ2v) is 9.68. The molecule has 5 aliphatic rings. The lowest BCUT2D eigenvalue weighted by Gasteiger charge is -2.61. The fourth-order valence-corrected chi connectivity index (χ4v) is 6.78. The third-order valence-corrected chi connectivity index (χ3v) is 8.16. The molecule has 144 valence electrons. The van der Waals surface area contributed by atoms with Gasteiger partial charge in [0.05, 0.1) is 6.10 Å². The number of nitrogens with two attached hydrogens (primary N) is 1. The van der Waals surface area contributed by atoms with Crippen molar-refractivity contribution < 1.29 is 9.53 Å². The third kappa shape index (κ3) is 2.66. The number of halogens is 1. The molecule has 5 saturated carbocycles. The van der Waals surface area contributed by atoms with E-state index in [1.165, 1.54) is 32.1 Å². The number of likely N-dealkylation sites (N-methyl/N-ethyl adjacent to an activating group) is 1. The van der Waals surface area contributed by atoms with Crippen LogP contribution in [0.4, 0.5) is 0 Å². The van der Waals surface area contributed by atoms with E-state index in [4.69, 9.17) is 10.5 Å². The average Bonchev–Trinajstić information content (AvgIpc) is 2.52. The third-order valence-electron chi connectivity index (χ3n) is 8.16. The number of ether oxygens (including phenoxy) is 1. The summed E-state index contributed by atoms with van der Waals surface area (Å²) in [5.41, 5.74) is 5.61. The van der Waals surface area contributed by atoms with Crippen molar-refractivity contribution in [3.05, 3.63) is 0 Å². The van der Waals surface area contributed by atoms with Crippen LogP contribution in [0.1, 0.15) is 59.3 Å². The van der Waals surface area contributed by atoms with Crippen LogP contribution in [0, 0.1) is 29.1 Å². The molecule has 2 atom stereocenters. The van der Waals surface area contributed by atoms with Gasteiger partial charge in [-0.15, -0.1) is 12.4 Å². The highest BCUT2D eigenvalue weighted by Crippen LogP contribution is 2.56. The molecule has 0 aromatic heterocycles. The lowest BCUT2D eigenvalue weighted by atomic mass is 9.52. The Bertz CT molecular complexity index is 510. The Kier molecular flexibility index (Phi) is 4.96. The first-order valence-corrected chi connectivity index (χ1v) is 9.95. The number of nitrogens with zero attached hydrogens (tertiary/aromatic N) is 1. The molecule has 4 nitrogen and oxygen atoms in total. The SMILES string of the molecule is CCOC1CC(N)(C(=O)N(C)C2C3CC4CC(C3)CC2C4)C1(C)C.Cl. The number of hydrogen-bond acceptors (Lipinski definition) is 3. The van der Waals surface area contributed by atoms with Crippen molar-refractivity contribution in [1.29, 1.82) is 0 Å². The number of hydrogen-bond donors (Lipinski definition) is 1. The number of carbonyl (C=O) groups is 1. The van der Waals surface area contributed by atoms with Crippen LogP contribution in [0.25, 0.3) is 0 Å². The zero-order chi connectivity index (χ0) is 17.3. The Morgan fingerprint density at radius 2 is 1.64 bits per heavy atom. The van der Waals surface area contributed by atoms with E-state index in [-0.39, 0.29) is 29.8 Å². The second kappa shape index (κ2) is 6.38. The molecule has 0 radical (unpaired) electrons. The summed E-state index contributed by atoms with van der Waals surface area (Å²) in [5, 5.41) is 0. The van der Waals surface area contributed by atoms with Gasteiger partial charge in [-0.05, 0) is 62.7 Å². The first-order valence-electron chi connectivity index (χ1n) is 9.95. The molecular weight excluding hydrogens is 336 g/mol.